The topological polar surface area (TPSA) is 114 Å². The molecule has 3 aliphatic carbocycles. The Kier molecular flexibility index (Phi) is 5.64. The quantitative estimate of drug-likeness (QED) is 0.390. The Morgan fingerprint density at radius 2 is 1.90 bits per heavy atom. The molecule has 2 atom stereocenters. The van der Waals surface area contributed by atoms with Crippen LogP contribution >= 0.6 is 0 Å². The lowest BCUT2D eigenvalue weighted by atomic mass is 9.89. The molecule has 2 aromatic heterocycles. The van der Waals surface area contributed by atoms with Crippen LogP contribution in [0, 0.1) is 17.8 Å². The number of nitrogens with zero attached hydrogens (tertiary/aromatic N) is 3. The molecule has 2 N–H and O–H groups in total. The Bertz CT molecular complexity index is 1410. The fourth-order valence-electron chi connectivity index (χ4n) is 5.88. The van der Waals surface area contributed by atoms with Gasteiger partial charge in [-0.15, -0.1) is 0 Å². The van der Waals surface area contributed by atoms with Gasteiger partial charge in [-0.1, -0.05) is 11.2 Å². The predicted molar refractivity (Wildman–Crippen MR) is 130 cm³/mol. The van der Waals surface area contributed by atoms with Gasteiger partial charge in [-0.05, 0) is 79.9 Å². The zero-order valence-corrected chi connectivity index (χ0v) is 21.0. The number of carbonyl (C=O) groups excluding carboxylic acids is 2. The van der Waals surface area contributed by atoms with E-state index in [1.807, 2.05) is 5.32 Å². The lowest BCUT2D eigenvalue weighted by Crippen LogP contribution is -2.40. The molecule has 1 aliphatic heterocycles. The van der Waals surface area contributed by atoms with Crippen LogP contribution in [0.1, 0.15) is 78.0 Å². The van der Waals surface area contributed by atoms with Crippen LogP contribution in [0.4, 0.5) is 18.0 Å². The second-order valence-electron chi connectivity index (χ2n) is 11.4. The maximum Gasteiger partial charge on any atom is 0.410 e. The van der Waals surface area contributed by atoms with E-state index in [2.05, 4.69) is 10.5 Å². The zero-order valence-electron chi connectivity index (χ0n) is 21.0. The minimum atomic E-state index is -4.50. The molecule has 4 aliphatic rings. The highest BCUT2D eigenvalue weighted by molar-refractivity contribution is 5.94. The van der Waals surface area contributed by atoms with Crippen molar-refractivity contribution in [3.05, 3.63) is 47.2 Å². The Hall–Kier alpha value is -3.57. The van der Waals surface area contributed by atoms with Crippen LogP contribution < -0.4 is 10.6 Å². The van der Waals surface area contributed by atoms with Gasteiger partial charge in [0, 0.05) is 12.1 Å². The molecular weight excluding hydrogens is 515 g/mol. The molecule has 4 fully saturated rings. The van der Waals surface area contributed by atoms with Gasteiger partial charge in [0.25, 0.3) is 5.91 Å². The van der Waals surface area contributed by atoms with Gasteiger partial charge >= 0.3 is 12.2 Å². The standard InChI is InChI=1S/C27H28F3N5O4/c28-27(29,30)20-11-35(26(37)32-20)10-13-1-8-19-18(9-13)31-25(39-19)23(21(15-4-5-15)16-6-7-16)33-24(36)22-17(12-38-34-22)14-2-3-14/h1,8-9,12,14-16,20-21,23H,2-7,10-11H2,(H,32,37)(H,33,36)/t20-,23-/m0/s1. The van der Waals surface area contributed by atoms with Crippen LogP contribution in [0.25, 0.3) is 11.1 Å². The van der Waals surface area contributed by atoms with Crippen molar-refractivity contribution in [1.82, 2.24) is 25.7 Å². The summed E-state index contributed by atoms with van der Waals surface area (Å²) in [4.78, 5) is 31.4. The van der Waals surface area contributed by atoms with E-state index in [4.69, 9.17) is 13.9 Å². The third-order valence-electron chi connectivity index (χ3n) is 8.32. The SMILES string of the molecule is O=C(N[C@H](c1nc2cc(CN3C[C@@H](C(F)(F)F)NC3=O)ccc2o1)C(C1CC1)C1CC1)c1nocc1C1CC1. The largest absolute Gasteiger partial charge is 0.438 e. The predicted octanol–water partition coefficient (Wildman–Crippen LogP) is 5.06. The zero-order chi connectivity index (χ0) is 26.9. The number of carbonyl (C=O) groups is 2. The van der Waals surface area contributed by atoms with Crippen molar-refractivity contribution in [2.75, 3.05) is 6.54 Å². The average molecular weight is 544 g/mol. The number of nitrogens with one attached hydrogen (secondary N) is 2. The van der Waals surface area contributed by atoms with Crippen molar-refractivity contribution in [2.45, 2.75) is 69.2 Å². The second-order valence-corrected chi connectivity index (χ2v) is 11.4. The molecule has 3 saturated carbocycles. The minimum Gasteiger partial charge on any atom is -0.438 e. The molecule has 0 bridgehead atoms. The van der Waals surface area contributed by atoms with Gasteiger partial charge in [0.1, 0.15) is 23.9 Å². The molecule has 39 heavy (non-hydrogen) atoms. The van der Waals surface area contributed by atoms with E-state index in [0.29, 0.717) is 46.0 Å². The monoisotopic (exact) mass is 543 g/mol. The molecule has 12 heteroatoms. The van der Waals surface area contributed by atoms with Crippen LogP contribution in [0.2, 0.25) is 0 Å². The van der Waals surface area contributed by atoms with Gasteiger partial charge in [0.05, 0.1) is 6.54 Å². The van der Waals surface area contributed by atoms with E-state index < -0.39 is 30.8 Å². The first kappa shape index (κ1) is 24.5. The van der Waals surface area contributed by atoms with Gasteiger partial charge in [-0.25, -0.2) is 9.78 Å². The minimum absolute atomic E-state index is 0.0135. The van der Waals surface area contributed by atoms with Crippen LogP contribution in [-0.2, 0) is 6.54 Å². The number of urea groups is 1. The number of hydrogen-bond acceptors (Lipinski definition) is 6. The Balaban J connectivity index is 1.15. The maximum absolute atomic E-state index is 13.4. The van der Waals surface area contributed by atoms with Crippen molar-refractivity contribution in [3.63, 3.8) is 0 Å². The van der Waals surface area contributed by atoms with Gasteiger partial charge in [-0.2, -0.15) is 13.2 Å². The summed E-state index contributed by atoms with van der Waals surface area (Å²) in [7, 11) is 0. The number of oxazole rings is 1. The molecule has 9 nitrogen and oxygen atoms in total. The summed E-state index contributed by atoms with van der Waals surface area (Å²) in [5.41, 5.74) is 2.82. The summed E-state index contributed by atoms with van der Waals surface area (Å²) >= 11 is 0. The number of aromatic nitrogens is 2. The lowest BCUT2D eigenvalue weighted by Gasteiger charge is -2.25. The molecule has 1 aromatic carbocycles. The highest BCUT2D eigenvalue weighted by atomic mass is 19.4. The number of rotatable bonds is 9. The van der Waals surface area contributed by atoms with Crippen LogP contribution in [0.3, 0.4) is 0 Å². The second kappa shape index (κ2) is 8.99. The lowest BCUT2D eigenvalue weighted by molar-refractivity contribution is -0.149. The van der Waals surface area contributed by atoms with Gasteiger partial charge in [0.2, 0.25) is 5.89 Å². The molecule has 206 valence electrons. The Labute approximate surface area is 221 Å². The number of benzene rings is 1. The van der Waals surface area contributed by atoms with E-state index in [1.54, 1.807) is 24.5 Å². The number of alkyl halides is 3. The van der Waals surface area contributed by atoms with Crippen molar-refractivity contribution < 1.29 is 31.7 Å². The normalized spacial score (nSPS) is 22.5. The molecule has 1 saturated heterocycles. The average Bonchev–Trinajstić information content (AvgIpc) is 3.84. The third kappa shape index (κ3) is 4.85. The van der Waals surface area contributed by atoms with Gasteiger partial charge in [0.15, 0.2) is 11.3 Å². The highest BCUT2D eigenvalue weighted by Gasteiger charge is 2.49. The molecule has 0 radical (unpaired) electrons. The summed E-state index contributed by atoms with van der Waals surface area (Å²) in [6.45, 7) is -0.437. The van der Waals surface area contributed by atoms with Crippen LogP contribution in [-0.4, -0.2) is 45.7 Å². The fourth-order valence-corrected chi connectivity index (χ4v) is 5.88. The Morgan fingerprint density at radius 3 is 2.54 bits per heavy atom. The molecular formula is C27H28F3N5O4. The van der Waals surface area contributed by atoms with E-state index in [0.717, 1.165) is 49.0 Å². The fraction of sp³-hybridized carbons (Fsp3) is 0.556. The maximum atomic E-state index is 13.4. The van der Waals surface area contributed by atoms with E-state index in [9.17, 15) is 22.8 Å². The summed E-state index contributed by atoms with van der Waals surface area (Å²) in [5.74, 6) is 1.60. The summed E-state index contributed by atoms with van der Waals surface area (Å²) < 4.78 is 50.5. The third-order valence-corrected chi connectivity index (χ3v) is 8.32. The van der Waals surface area contributed by atoms with Crippen molar-refractivity contribution in [1.29, 1.82) is 0 Å². The Morgan fingerprint density at radius 1 is 1.15 bits per heavy atom. The molecule has 0 unspecified atom stereocenters. The molecule has 3 aromatic rings. The molecule has 7 rings (SSSR count). The first-order valence-electron chi connectivity index (χ1n) is 13.5. The van der Waals surface area contributed by atoms with Crippen molar-refractivity contribution >= 4 is 23.0 Å². The van der Waals surface area contributed by atoms with Gasteiger partial charge < -0.3 is 24.5 Å². The number of amides is 3. The summed E-state index contributed by atoms with van der Waals surface area (Å²) in [6.07, 6.45) is 3.50. The van der Waals surface area contributed by atoms with Crippen LogP contribution in [0.5, 0.6) is 0 Å². The van der Waals surface area contributed by atoms with E-state index >= 15 is 0 Å². The smallest absolute Gasteiger partial charge is 0.410 e. The van der Waals surface area contributed by atoms with E-state index in [1.165, 1.54) is 0 Å². The number of hydrogen-bond donors (Lipinski definition) is 2. The summed E-state index contributed by atoms with van der Waals surface area (Å²) in [6, 6.07) is 2.08. The van der Waals surface area contributed by atoms with Crippen LogP contribution in [0.15, 0.2) is 33.4 Å². The molecule has 0 spiro atoms. The summed E-state index contributed by atoms with van der Waals surface area (Å²) in [5, 5.41) is 9.15. The first-order chi connectivity index (χ1) is 18.7. The van der Waals surface area contributed by atoms with E-state index in [-0.39, 0.29) is 18.4 Å². The van der Waals surface area contributed by atoms with Gasteiger partial charge in [-0.3, -0.25) is 4.79 Å². The molecule has 3 heterocycles. The first-order valence-corrected chi connectivity index (χ1v) is 13.5. The number of fused-ring (bicyclic) bond motifs is 1. The highest BCUT2D eigenvalue weighted by Crippen LogP contribution is 2.54. The number of halogens is 3. The van der Waals surface area contributed by atoms with Crippen molar-refractivity contribution in [2.24, 2.45) is 17.8 Å². The van der Waals surface area contributed by atoms with Crippen molar-refractivity contribution in [3.8, 4) is 0 Å². The molecule has 3 amide bonds.